The fourth-order valence-corrected chi connectivity index (χ4v) is 10.6. The van der Waals surface area contributed by atoms with Gasteiger partial charge in [-0.05, 0) is 6.92 Å². The third kappa shape index (κ3) is 14.7. The van der Waals surface area contributed by atoms with Gasteiger partial charge in [0.05, 0.1) is 45.7 Å². The van der Waals surface area contributed by atoms with Crippen molar-refractivity contribution in [3.8, 4) is 0 Å². The summed E-state index contributed by atoms with van der Waals surface area (Å²) < 4.78 is 74.6. The van der Waals surface area contributed by atoms with E-state index in [9.17, 15) is 112 Å². The first-order valence-corrected chi connectivity index (χ1v) is 26.5. The second-order valence-electron chi connectivity index (χ2n) is 21.1. The highest BCUT2D eigenvalue weighted by Crippen LogP contribution is 2.37. The molecule has 37 heteroatoms. The van der Waals surface area contributed by atoms with Crippen LogP contribution in [0.25, 0.3) is 0 Å². The molecule has 7 heterocycles. The van der Waals surface area contributed by atoms with Crippen molar-refractivity contribution in [2.24, 2.45) is 0 Å². The molecule has 0 aromatic rings. The van der Waals surface area contributed by atoms with Crippen LogP contribution < -0.4 is 10.6 Å². The van der Waals surface area contributed by atoms with Crippen LogP contribution in [0.15, 0.2) is 0 Å². The van der Waals surface area contributed by atoms with Crippen LogP contribution in [0.4, 0.5) is 0 Å². The molecule has 37 nitrogen and oxygen atoms in total. The van der Waals surface area contributed by atoms with Crippen molar-refractivity contribution in [1.29, 1.82) is 0 Å². The lowest BCUT2D eigenvalue weighted by molar-refractivity contribution is -0.385. The minimum Gasteiger partial charge on any atom is -0.394 e. The van der Waals surface area contributed by atoms with E-state index in [2.05, 4.69) is 10.6 Å². The largest absolute Gasteiger partial charge is 0.394 e. The first-order chi connectivity index (χ1) is 39.2. The van der Waals surface area contributed by atoms with Crippen molar-refractivity contribution < 1.29 is 173 Å². The van der Waals surface area contributed by atoms with Gasteiger partial charge in [0, 0.05) is 13.8 Å². The van der Waals surface area contributed by atoms with Crippen molar-refractivity contribution in [2.75, 3.05) is 39.6 Å². The Morgan fingerprint density at radius 1 is 0.337 bits per heavy atom. The summed E-state index contributed by atoms with van der Waals surface area (Å²) >= 11 is 0. The molecule has 22 N–H and O–H groups in total. The predicted octanol–water partition coefficient (Wildman–Crippen LogP) is -15.0. The minimum absolute atomic E-state index is 0.852. The molecule has 0 spiro atoms. The number of amides is 2. The number of aliphatic hydroxyl groups excluding tert-OH is 20. The van der Waals surface area contributed by atoms with E-state index in [0.717, 1.165) is 13.8 Å². The standard InChI is InChI=1S/C46H78N2O35/c1-10-21(56)27(62)31(66)43(72-10)83-38-23(58)14(5-50)75-45(33(38)68)80-35-16(7-52)76-41(19(25(35)60)47-11(2)54)71-9-18-24(59)39(34(69)46(78-18)81-37-15(6-51)73-40(70)30(65)29(37)64)82-42-20(48-12(3)55)26(61)36(17(8-53)77-42)79-44-32(67)28(63)22(57)13(4-49)74-44/h10,13-46,49-53,56-70H,4-9H2,1-3H3,(H,47,54)(H,48,55)/t10-,13+,14+,15+,16+,17+,18+,19+,20+,21+,22-,23-,24-,25+,26+,27+,28-,29+,30+,31-,32+,33+,34+,35+,36+,37+,38-,39-,40?,41+,42-,43-,44-,45-,46-/m0/s1. The first-order valence-electron chi connectivity index (χ1n) is 26.5. The Labute approximate surface area is 470 Å². The lowest BCUT2D eigenvalue weighted by Crippen LogP contribution is -2.70. The van der Waals surface area contributed by atoms with Crippen LogP contribution in [-0.4, -0.2) is 368 Å². The van der Waals surface area contributed by atoms with E-state index in [1.807, 2.05) is 0 Å². The SMILES string of the molecule is CC(=O)N[C@H]1[C@H](O[C@H]2[C@@H](O)[C@@H](CO[C@@H]3O[C@H](CO)[C@@H](O[C@@H]4O[C@H](CO)[C@H](O)[C@H](O[C@@H]5O[C@@H](C)[C@@H](O)[C@@H](O)[C@@H]5O)[C@H]4O)[C@H](O)[C@H]3NC(C)=O)O[C@@H](O[C@H]3[C@H](O)[C@@H](O)C(O)O[C@@H]3CO)[C@@H]2O)O[C@H](CO)[C@@H](O[C@@H]2O[C@H](CO)[C@H](O)[C@H](O)[C@H]2O)[C@@H]1O. The van der Waals surface area contributed by atoms with Gasteiger partial charge in [0.1, 0.15) is 165 Å². The normalized spacial score (nSPS) is 50.8. The lowest BCUT2D eigenvalue weighted by atomic mass is 9.94. The molecule has 0 saturated carbocycles. The number of rotatable bonds is 20. The van der Waals surface area contributed by atoms with E-state index in [1.54, 1.807) is 0 Å². The average molecular weight is 1220 g/mol. The third-order valence-corrected chi connectivity index (χ3v) is 15.3. The first kappa shape index (κ1) is 68.1. The molecule has 2 amide bonds. The molecule has 0 aromatic carbocycles. The van der Waals surface area contributed by atoms with E-state index in [4.69, 9.17) is 61.6 Å². The fraction of sp³-hybridized carbons (Fsp3) is 0.957. The summed E-state index contributed by atoms with van der Waals surface area (Å²) in [7, 11) is 0. The molecule has 7 aliphatic rings. The van der Waals surface area contributed by atoms with Gasteiger partial charge in [0.2, 0.25) is 11.8 Å². The van der Waals surface area contributed by atoms with Crippen molar-refractivity contribution in [2.45, 2.75) is 236 Å². The van der Waals surface area contributed by atoms with Gasteiger partial charge < -0.3 is 174 Å². The summed E-state index contributed by atoms with van der Waals surface area (Å²) in [6, 6.07) is -3.58. The highest BCUT2D eigenvalue weighted by atomic mass is 16.8. The summed E-state index contributed by atoms with van der Waals surface area (Å²) in [6.07, 6.45) is -62.7. The van der Waals surface area contributed by atoms with E-state index >= 15 is 0 Å². The van der Waals surface area contributed by atoms with E-state index in [-0.39, 0.29) is 0 Å². The molecule has 1 unspecified atom stereocenters. The Hall–Kier alpha value is -2.38. The molecule has 7 saturated heterocycles. The Morgan fingerprint density at radius 2 is 0.687 bits per heavy atom. The molecule has 7 rings (SSSR count). The second-order valence-corrected chi connectivity index (χ2v) is 21.1. The number of nitrogens with one attached hydrogen (secondary N) is 2. The topological polar surface area (TPSA) is 583 Å². The van der Waals surface area contributed by atoms with E-state index in [0.29, 0.717) is 0 Å². The molecular formula is C46H78N2O35. The third-order valence-electron chi connectivity index (χ3n) is 15.3. The van der Waals surface area contributed by atoms with E-state index < -0.39 is 266 Å². The number of hydrogen-bond acceptors (Lipinski definition) is 35. The van der Waals surface area contributed by atoms with Crippen LogP contribution >= 0.6 is 0 Å². The zero-order valence-electron chi connectivity index (χ0n) is 44.5. The van der Waals surface area contributed by atoms with Gasteiger partial charge in [-0.3, -0.25) is 9.59 Å². The summed E-state index contributed by atoms with van der Waals surface area (Å²) in [5.74, 6) is -1.73. The lowest BCUT2D eigenvalue weighted by Gasteiger charge is -2.50. The number of ether oxygens (including phenoxy) is 13. The number of hydrogen-bond donors (Lipinski definition) is 22. The van der Waals surface area contributed by atoms with Gasteiger partial charge in [-0.2, -0.15) is 0 Å². The molecule has 0 radical (unpaired) electrons. The minimum atomic E-state index is -2.29. The van der Waals surface area contributed by atoms with Gasteiger partial charge in [-0.25, -0.2) is 0 Å². The van der Waals surface area contributed by atoms with Crippen molar-refractivity contribution in [3.63, 3.8) is 0 Å². The molecule has 7 fully saturated rings. The predicted molar refractivity (Wildman–Crippen MR) is 254 cm³/mol. The molecule has 83 heavy (non-hydrogen) atoms. The Morgan fingerprint density at radius 3 is 1.17 bits per heavy atom. The fourth-order valence-electron chi connectivity index (χ4n) is 10.6. The van der Waals surface area contributed by atoms with Crippen LogP contribution in [0.2, 0.25) is 0 Å². The van der Waals surface area contributed by atoms with Gasteiger partial charge in [0.25, 0.3) is 0 Å². The van der Waals surface area contributed by atoms with Crippen LogP contribution in [0.3, 0.4) is 0 Å². The maximum absolute atomic E-state index is 12.7. The highest BCUT2D eigenvalue weighted by molar-refractivity contribution is 5.73. The Balaban J connectivity index is 1.13. The van der Waals surface area contributed by atoms with E-state index in [1.165, 1.54) is 6.92 Å². The van der Waals surface area contributed by atoms with Crippen LogP contribution in [0, 0.1) is 0 Å². The summed E-state index contributed by atoms with van der Waals surface area (Å²) in [5.41, 5.74) is 0. The van der Waals surface area contributed by atoms with Gasteiger partial charge >= 0.3 is 0 Å². The molecule has 482 valence electrons. The molecule has 7 aliphatic heterocycles. The van der Waals surface area contributed by atoms with Crippen LogP contribution in [-0.2, 0) is 71.2 Å². The molecule has 0 aliphatic carbocycles. The summed E-state index contributed by atoms with van der Waals surface area (Å²) in [6.45, 7) is -2.61. The number of aliphatic hydroxyl groups is 20. The Kier molecular flexibility index (Phi) is 24.0. The molecule has 0 aromatic heterocycles. The zero-order valence-corrected chi connectivity index (χ0v) is 44.5. The number of carbonyl (C=O) groups is 2. The molecular weight excluding hydrogens is 1140 g/mol. The Bertz CT molecular complexity index is 2040. The van der Waals surface area contributed by atoms with Crippen LogP contribution in [0.5, 0.6) is 0 Å². The zero-order chi connectivity index (χ0) is 61.2. The number of carbonyl (C=O) groups excluding carboxylic acids is 2. The second kappa shape index (κ2) is 29.3. The quantitative estimate of drug-likeness (QED) is 0.0538. The summed E-state index contributed by atoms with van der Waals surface area (Å²) in [4.78, 5) is 25.4. The average Bonchev–Trinajstić information content (AvgIpc) is 3.66. The van der Waals surface area contributed by atoms with Crippen molar-refractivity contribution in [3.05, 3.63) is 0 Å². The van der Waals surface area contributed by atoms with Gasteiger partial charge in [-0.1, -0.05) is 0 Å². The van der Waals surface area contributed by atoms with Crippen molar-refractivity contribution >= 4 is 11.8 Å². The van der Waals surface area contributed by atoms with Crippen LogP contribution in [0.1, 0.15) is 20.8 Å². The monoisotopic (exact) mass is 1220 g/mol. The molecule has 35 atom stereocenters. The van der Waals surface area contributed by atoms with Gasteiger partial charge in [-0.15, -0.1) is 0 Å². The maximum atomic E-state index is 12.7. The molecule has 0 bridgehead atoms. The smallest absolute Gasteiger partial charge is 0.217 e. The highest BCUT2D eigenvalue weighted by Gasteiger charge is 2.58. The van der Waals surface area contributed by atoms with Crippen molar-refractivity contribution in [1.82, 2.24) is 10.6 Å². The summed E-state index contributed by atoms with van der Waals surface area (Å²) in [5, 5.41) is 220. The maximum Gasteiger partial charge on any atom is 0.217 e. The van der Waals surface area contributed by atoms with Gasteiger partial charge in [0.15, 0.2) is 44.0 Å².